The number of allylic oxidation sites excluding steroid dienone is 1. The van der Waals surface area contributed by atoms with E-state index in [0.29, 0.717) is 0 Å². The second-order valence-corrected chi connectivity index (χ2v) is 6.20. The lowest BCUT2D eigenvalue weighted by Crippen LogP contribution is -2.11. The summed E-state index contributed by atoms with van der Waals surface area (Å²) in [6, 6.07) is 12.5. The molecule has 0 unspecified atom stereocenters. The first-order valence-electron chi connectivity index (χ1n) is 8.37. The lowest BCUT2D eigenvalue weighted by Gasteiger charge is -2.18. The predicted octanol–water partition coefficient (Wildman–Crippen LogP) is 4.25. The fraction of sp³-hybridized carbons (Fsp3) is 0.286. The molecule has 0 bridgehead atoms. The minimum Gasteiger partial charge on any atom is -0.493 e. The van der Waals surface area contributed by atoms with E-state index >= 15 is 0 Å². The first kappa shape index (κ1) is 19.9. The molecule has 1 aliphatic heterocycles. The van der Waals surface area contributed by atoms with Crippen molar-refractivity contribution in [3.8, 4) is 11.5 Å². The maximum absolute atomic E-state index is 5.44. The Morgan fingerprint density at radius 3 is 2.23 bits per heavy atom. The van der Waals surface area contributed by atoms with Crippen LogP contribution in [-0.4, -0.2) is 40.6 Å². The number of ether oxygens (including phenoxy) is 2. The molecular formula is C21H25ClN2O2. The SMILES string of the molecule is COc1cc2c(cc1OC)C(/C=C/c1ccc(N(C)C)cc1)=NCC2.Cl. The van der Waals surface area contributed by atoms with Gasteiger partial charge in [-0.2, -0.15) is 0 Å². The van der Waals surface area contributed by atoms with Crippen molar-refractivity contribution in [2.24, 2.45) is 4.99 Å². The van der Waals surface area contributed by atoms with E-state index in [9.17, 15) is 0 Å². The van der Waals surface area contributed by atoms with Crippen LogP contribution in [0.3, 0.4) is 0 Å². The zero-order valence-electron chi connectivity index (χ0n) is 15.7. The van der Waals surface area contributed by atoms with Gasteiger partial charge in [0.15, 0.2) is 11.5 Å². The minimum absolute atomic E-state index is 0. The maximum Gasteiger partial charge on any atom is 0.161 e. The molecule has 0 N–H and O–H groups in total. The summed E-state index contributed by atoms with van der Waals surface area (Å²) in [6.45, 7) is 0.793. The van der Waals surface area contributed by atoms with Crippen LogP contribution in [0.1, 0.15) is 16.7 Å². The summed E-state index contributed by atoms with van der Waals surface area (Å²) in [7, 11) is 7.41. The molecule has 26 heavy (non-hydrogen) atoms. The second-order valence-electron chi connectivity index (χ2n) is 6.20. The highest BCUT2D eigenvalue weighted by Gasteiger charge is 2.16. The van der Waals surface area contributed by atoms with E-state index in [0.717, 1.165) is 41.3 Å². The number of nitrogens with zero attached hydrogens (tertiary/aromatic N) is 2. The molecule has 3 rings (SSSR count). The van der Waals surface area contributed by atoms with Crippen LogP contribution in [0.15, 0.2) is 47.5 Å². The molecule has 1 heterocycles. The van der Waals surface area contributed by atoms with Crippen molar-refractivity contribution in [1.29, 1.82) is 0 Å². The molecule has 0 saturated heterocycles. The van der Waals surface area contributed by atoms with Crippen LogP contribution in [0.5, 0.6) is 11.5 Å². The monoisotopic (exact) mass is 372 g/mol. The summed E-state index contributed by atoms with van der Waals surface area (Å²) in [4.78, 5) is 6.78. The maximum atomic E-state index is 5.44. The number of halogens is 1. The van der Waals surface area contributed by atoms with E-state index in [1.807, 2.05) is 20.2 Å². The van der Waals surface area contributed by atoms with Gasteiger partial charge in [0.2, 0.25) is 0 Å². The summed E-state index contributed by atoms with van der Waals surface area (Å²) in [5.74, 6) is 1.50. The zero-order valence-corrected chi connectivity index (χ0v) is 16.5. The molecule has 0 spiro atoms. The topological polar surface area (TPSA) is 34.1 Å². The summed E-state index contributed by atoms with van der Waals surface area (Å²) in [5, 5.41) is 0. The van der Waals surface area contributed by atoms with Crippen molar-refractivity contribution in [3.05, 3.63) is 59.2 Å². The van der Waals surface area contributed by atoms with E-state index in [-0.39, 0.29) is 12.4 Å². The van der Waals surface area contributed by atoms with E-state index in [1.165, 1.54) is 11.3 Å². The molecule has 2 aromatic carbocycles. The number of aliphatic imine (C=N–C) groups is 1. The number of fused-ring (bicyclic) bond motifs is 1. The first-order valence-corrected chi connectivity index (χ1v) is 8.37. The number of rotatable bonds is 5. The minimum atomic E-state index is 0. The standard InChI is InChI=1S/C21H24N2O2.ClH/c1-23(2)17-8-5-15(6-9-17)7-10-19-18-14-21(25-4)20(24-3)13-16(18)11-12-22-19;/h5-10,13-14H,11-12H2,1-4H3;1H/b10-7+;. The molecule has 0 radical (unpaired) electrons. The average molecular weight is 373 g/mol. The van der Waals surface area contributed by atoms with Gasteiger partial charge in [0.1, 0.15) is 0 Å². The number of benzene rings is 2. The zero-order chi connectivity index (χ0) is 17.8. The fourth-order valence-electron chi connectivity index (χ4n) is 2.95. The van der Waals surface area contributed by atoms with E-state index in [4.69, 9.17) is 9.47 Å². The summed E-state index contributed by atoms with van der Waals surface area (Å²) in [6.07, 6.45) is 5.10. The van der Waals surface area contributed by atoms with Crippen molar-refractivity contribution in [2.75, 3.05) is 39.8 Å². The predicted molar refractivity (Wildman–Crippen MR) is 112 cm³/mol. The third kappa shape index (κ3) is 4.20. The van der Waals surface area contributed by atoms with Gasteiger partial charge in [0.05, 0.1) is 19.9 Å². The fourth-order valence-corrected chi connectivity index (χ4v) is 2.95. The van der Waals surface area contributed by atoms with Crippen molar-refractivity contribution in [3.63, 3.8) is 0 Å². The Labute approximate surface area is 161 Å². The smallest absolute Gasteiger partial charge is 0.161 e. The van der Waals surface area contributed by atoms with Crippen LogP contribution in [-0.2, 0) is 6.42 Å². The Kier molecular flexibility index (Phi) is 6.70. The summed E-state index contributed by atoms with van der Waals surface area (Å²) >= 11 is 0. The molecule has 0 fully saturated rings. The van der Waals surface area contributed by atoms with Crippen molar-refractivity contribution < 1.29 is 9.47 Å². The highest BCUT2D eigenvalue weighted by Crippen LogP contribution is 2.32. The third-order valence-corrected chi connectivity index (χ3v) is 4.39. The molecule has 0 aliphatic carbocycles. The van der Waals surface area contributed by atoms with Crippen molar-refractivity contribution in [2.45, 2.75) is 6.42 Å². The van der Waals surface area contributed by atoms with Gasteiger partial charge in [-0.05, 0) is 47.9 Å². The van der Waals surface area contributed by atoms with Gasteiger partial charge in [0.25, 0.3) is 0 Å². The van der Waals surface area contributed by atoms with E-state index < -0.39 is 0 Å². The van der Waals surface area contributed by atoms with Gasteiger partial charge >= 0.3 is 0 Å². The molecule has 4 nitrogen and oxygen atoms in total. The van der Waals surface area contributed by atoms with Crippen molar-refractivity contribution >= 4 is 29.9 Å². The van der Waals surface area contributed by atoms with Gasteiger partial charge < -0.3 is 14.4 Å². The van der Waals surface area contributed by atoms with Crippen LogP contribution < -0.4 is 14.4 Å². The molecule has 5 heteroatoms. The molecule has 0 amide bonds. The van der Waals surface area contributed by atoms with Crippen LogP contribution in [0.2, 0.25) is 0 Å². The lowest BCUT2D eigenvalue weighted by molar-refractivity contribution is 0.354. The Balaban J connectivity index is 0.00000243. The Morgan fingerprint density at radius 2 is 1.62 bits per heavy atom. The Morgan fingerprint density at radius 1 is 0.962 bits per heavy atom. The van der Waals surface area contributed by atoms with E-state index in [2.05, 4.69) is 52.4 Å². The number of hydrogen-bond donors (Lipinski definition) is 0. The van der Waals surface area contributed by atoms with Gasteiger partial charge in [-0.25, -0.2) is 0 Å². The first-order chi connectivity index (χ1) is 12.1. The number of methoxy groups -OCH3 is 2. The largest absolute Gasteiger partial charge is 0.493 e. The van der Waals surface area contributed by atoms with Crippen LogP contribution in [0.25, 0.3) is 6.08 Å². The van der Waals surface area contributed by atoms with E-state index in [1.54, 1.807) is 14.2 Å². The molecule has 1 aliphatic rings. The summed E-state index contributed by atoms with van der Waals surface area (Å²) < 4.78 is 10.9. The molecular weight excluding hydrogens is 348 g/mol. The number of hydrogen-bond acceptors (Lipinski definition) is 4. The summed E-state index contributed by atoms with van der Waals surface area (Å²) in [5.41, 5.74) is 5.69. The average Bonchev–Trinajstić information content (AvgIpc) is 2.65. The van der Waals surface area contributed by atoms with Crippen LogP contribution in [0, 0.1) is 0 Å². The van der Waals surface area contributed by atoms with Gasteiger partial charge in [-0.3, -0.25) is 4.99 Å². The molecule has 0 atom stereocenters. The molecule has 0 saturated carbocycles. The quantitative estimate of drug-likeness (QED) is 0.786. The molecule has 2 aromatic rings. The number of anilines is 1. The van der Waals surface area contributed by atoms with Crippen molar-refractivity contribution in [1.82, 2.24) is 0 Å². The van der Waals surface area contributed by atoms with Gasteiger partial charge in [-0.1, -0.05) is 18.2 Å². The highest BCUT2D eigenvalue weighted by atomic mass is 35.5. The Hall–Kier alpha value is -2.46. The Bertz CT molecular complexity index is 812. The van der Waals surface area contributed by atoms with Gasteiger partial charge in [-0.15, -0.1) is 12.4 Å². The van der Waals surface area contributed by atoms with Gasteiger partial charge in [0, 0.05) is 31.9 Å². The second kappa shape index (κ2) is 8.77. The highest BCUT2D eigenvalue weighted by molar-refractivity contribution is 6.12. The normalized spacial score (nSPS) is 12.8. The molecule has 0 aromatic heterocycles. The third-order valence-electron chi connectivity index (χ3n) is 4.39. The lowest BCUT2D eigenvalue weighted by atomic mass is 9.96. The van der Waals surface area contributed by atoms with Crippen LogP contribution in [0.4, 0.5) is 5.69 Å². The van der Waals surface area contributed by atoms with Crippen LogP contribution >= 0.6 is 12.4 Å². The molecule has 138 valence electrons.